The van der Waals surface area contributed by atoms with Crippen molar-refractivity contribution in [1.82, 2.24) is 25.0 Å². The number of carbonyl (C=O) groups is 3. The Morgan fingerprint density at radius 1 is 1.14 bits per heavy atom. The summed E-state index contributed by atoms with van der Waals surface area (Å²) in [5.74, 6) is -6.75. The van der Waals surface area contributed by atoms with Crippen LogP contribution in [-0.4, -0.2) is 128 Å². The van der Waals surface area contributed by atoms with Crippen molar-refractivity contribution < 1.29 is 53.7 Å². The van der Waals surface area contributed by atoms with Crippen LogP contribution in [0.3, 0.4) is 0 Å². The van der Waals surface area contributed by atoms with Crippen LogP contribution in [0.1, 0.15) is 44.0 Å². The van der Waals surface area contributed by atoms with Crippen LogP contribution in [0.15, 0.2) is 24.4 Å². The molecule has 0 saturated carbocycles. The lowest BCUT2D eigenvalue weighted by atomic mass is 10.1. The summed E-state index contributed by atoms with van der Waals surface area (Å²) in [5, 5.41) is 11.2. The maximum absolute atomic E-state index is 13.9. The first-order valence-electron chi connectivity index (χ1n) is 15.8. The highest BCUT2D eigenvalue weighted by Crippen LogP contribution is 2.34. The van der Waals surface area contributed by atoms with E-state index in [2.05, 4.69) is 19.4 Å². The van der Waals surface area contributed by atoms with E-state index in [0.717, 1.165) is 0 Å². The van der Waals surface area contributed by atoms with Crippen molar-refractivity contribution in [3.05, 3.63) is 30.0 Å². The van der Waals surface area contributed by atoms with Gasteiger partial charge in [-0.1, -0.05) is 0 Å². The quantitative estimate of drug-likeness (QED) is 0.215. The number of hydrogen-bond acceptors (Lipinski definition) is 11. The number of benzene rings is 1. The van der Waals surface area contributed by atoms with Gasteiger partial charge in [-0.3, -0.25) is 19.5 Å². The number of rotatable bonds is 10. The molecule has 0 aliphatic carbocycles. The molecule has 3 amide bonds. The van der Waals surface area contributed by atoms with Gasteiger partial charge in [0.15, 0.2) is 5.75 Å². The number of fused-ring (bicyclic) bond motifs is 1. The average Bonchev–Trinajstić information content (AvgIpc) is 3.36. The van der Waals surface area contributed by atoms with Crippen molar-refractivity contribution in [2.45, 2.75) is 56.7 Å². The number of nitrogens with one attached hydrogen (secondary N) is 1. The topological polar surface area (TPSA) is 165 Å². The number of nitrogens with zero attached hydrogens (tertiary/aromatic N) is 6. The van der Waals surface area contributed by atoms with Gasteiger partial charge in [0.1, 0.15) is 11.6 Å². The van der Waals surface area contributed by atoms with Gasteiger partial charge < -0.3 is 28.9 Å². The Balaban J connectivity index is 1.50. The molecule has 1 aromatic heterocycles. The number of alkyl halides is 5. The number of likely N-dealkylation sites (tertiary alicyclic amines) is 1. The maximum Gasteiger partial charge on any atom is 0.534 e. The molecule has 20 heteroatoms. The van der Waals surface area contributed by atoms with Gasteiger partial charge in [0.05, 0.1) is 36.4 Å². The Labute approximate surface area is 291 Å². The SMILES string of the molecule is CN(CCCN1CCN(C(=O)OC(C)(C)C)CC1)c1ccc2ncc(OS(=O)(=O)C(F)(F)F)c(C(=O)NCC(=O)N3CC(F)(F)C[C@H]3C#N)c2c1. The highest BCUT2D eigenvalue weighted by Gasteiger charge is 2.49. The van der Waals surface area contributed by atoms with E-state index in [1.165, 1.54) is 12.1 Å². The number of anilines is 1. The summed E-state index contributed by atoms with van der Waals surface area (Å²) in [7, 11) is -4.55. The van der Waals surface area contributed by atoms with Gasteiger partial charge >= 0.3 is 21.7 Å². The first-order chi connectivity index (χ1) is 23.6. The molecule has 1 atom stereocenters. The number of amides is 3. The molecule has 2 fully saturated rings. The monoisotopic (exact) mass is 747 g/mol. The van der Waals surface area contributed by atoms with Crippen molar-refractivity contribution in [1.29, 1.82) is 5.26 Å². The summed E-state index contributed by atoms with van der Waals surface area (Å²) in [6.07, 6.45) is -0.0187. The highest BCUT2D eigenvalue weighted by atomic mass is 32.2. The predicted molar refractivity (Wildman–Crippen MR) is 172 cm³/mol. The molecule has 2 saturated heterocycles. The smallest absolute Gasteiger partial charge is 0.444 e. The lowest BCUT2D eigenvalue weighted by molar-refractivity contribution is -0.131. The Morgan fingerprint density at radius 2 is 1.80 bits per heavy atom. The first kappa shape index (κ1) is 39.3. The zero-order chi connectivity index (χ0) is 37.9. The van der Waals surface area contributed by atoms with Gasteiger partial charge in [-0.05, 0) is 51.9 Å². The molecule has 0 bridgehead atoms. The molecule has 1 aromatic carbocycles. The standard InChI is InChI=1S/C31H38F5N7O7S/c1-29(2,3)49-28(46)42-12-10-41(11-13-42)9-5-8-40(4)20-6-7-23-22(14-20)26(24(17-38-23)50-51(47,48)31(34,35)36)27(45)39-18-25(44)43-19-30(32,33)15-21(43)16-37/h6-7,14,17,21H,5,8-13,15,18-19H2,1-4H3,(H,39,45)/t21-/m0/s1. The van der Waals surface area contributed by atoms with Gasteiger partial charge in [-0.25, -0.2) is 13.6 Å². The van der Waals surface area contributed by atoms with E-state index in [-0.39, 0.29) is 17.0 Å². The summed E-state index contributed by atoms with van der Waals surface area (Å²) >= 11 is 0. The molecule has 51 heavy (non-hydrogen) atoms. The van der Waals surface area contributed by atoms with Crippen LogP contribution < -0.4 is 14.4 Å². The minimum absolute atomic E-state index is 0.0620. The van der Waals surface area contributed by atoms with E-state index in [1.807, 2.05) is 0 Å². The molecule has 0 radical (unpaired) electrons. The van der Waals surface area contributed by atoms with Gasteiger partial charge in [-0.15, -0.1) is 0 Å². The number of halogens is 5. The largest absolute Gasteiger partial charge is 0.534 e. The van der Waals surface area contributed by atoms with E-state index >= 15 is 0 Å². The normalized spacial score (nSPS) is 18.3. The molecule has 2 aromatic rings. The molecular weight excluding hydrogens is 709 g/mol. The molecule has 280 valence electrons. The maximum atomic E-state index is 13.9. The number of piperazine rings is 1. The molecule has 2 aliphatic heterocycles. The number of ether oxygens (including phenoxy) is 1. The lowest BCUT2D eigenvalue weighted by Gasteiger charge is -2.35. The summed E-state index contributed by atoms with van der Waals surface area (Å²) in [6, 6.07) is 4.58. The van der Waals surface area contributed by atoms with E-state index in [0.29, 0.717) is 62.5 Å². The van der Waals surface area contributed by atoms with Crippen LogP contribution in [0.25, 0.3) is 10.9 Å². The zero-order valence-corrected chi connectivity index (χ0v) is 29.1. The fraction of sp³-hybridized carbons (Fsp3) is 0.581. The van der Waals surface area contributed by atoms with E-state index in [9.17, 15) is 50.0 Å². The third-order valence-electron chi connectivity index (χ3n) is 8.10. The van der Waals surface area contributed by atoms with Crippen molar-refractivity contribution >= 4 is 44.6 Å². The van der Waals surface area contributed by atoms with Crippen molar-refractivity contribution in [2.75, 3.05) is 64.3 Å². The van der Waals surface area contributed by atoms with E-state index in [1.54, 1.807) is 49.8 Å². The van der Waals surface area contributed by atoms with Crippen LogP contribution in [0.5, 0.6) is 5.75 Å². The molecule has 0 spiro atoms. The minimum atomic E-state index is -6.27. The zero-order valence-electron chi connectivity index (χ0n) is 28.3. The number of aromatic nitrogens is 1. The van der Waals surface area contributed by atoms with E-state index < -0.39 is 75.8 Å². The Kier molecular flexibility index (Phi) is 11.5. The molecule has 0 unspecified atom stereocenters. The van der Waals surface area contributed by atoms with Crippen molar-refractivity contribution in [2.24, 2.45) is 0 Å². The van der Waals surface area contributed by atoms with Crippen LogP contribution in [0.2, 0.25) is 0 Å². The average molecular weight is 748 g/mol. The fourth-order valence-corrected chi connectivity index (χ4v) is 6.00. The minimum Gasteiger partial charge on any atom is -0.444 e. The summed E-state index contributed by atoms with van der Waals surface area (Å²) in [4.78, 5) is 48.6. The van der Waals surface area contributed by atoms with Gasteiger partial charge in [0, 0.05) is 57.3 Å². The molecule has 1 N–H and O–H groups in total. The van der Waals surface area contributed by atoms with Gasteiger partial charge in [0.25, 0.3) is 11.8 Å². The van der Waals surface area contributed by atoms with Crippen LogP contribution in [0.4, 0.5) is 32.4 Å². The second-order valence-corrected chi connectivity index (χ2v) is 14.7. The molecule has 14 nitrogen and oxygen atoms in total. The number of hydrogen-bond donors (Lipinski definition) is 1. The van der Waals surface area contributed by atoms with Gasteiger partial charge in [-0.2, -0.15) is 26.9 Å². The second kappa shape index (κ2) is 15.0. The van der Waals surface area contributed by atoms with E-state index in [4.69, 9.17) is 4.74 Å². The molecule has 3 heterocycles. The number of carbonyl (C=O) groups excluding carboxylic acids is 3. The van der Waals surface area contributed by atoms with Crippen LogP contribution in [-0.2, 0) is 19.6 Å². The Morgan fingerprint density at radius 3 is 2.41 bits per heavy atom. The first-order valence-corrected chi connectivity index (χ1v) is 17.2. The fourth-order valence-electron chi connectivity index (χ4n) is 5.54. The van der Waals surface area contributed by atoms with Crippen LogP contribution >= 0.6 is 0 Å². The Bertz CT molecular complexity index is 1790. The third-order valence-corrected chi connectivity index (χ3v) is 9.06. The lowest BCUT2D eigenvalue weighted by Crippen LogP contribution is -2.50. The number of nitriles is 1. The van der Waals surface area contributed by atoms with Crippen LogP contribution in [0, 0.1) is 11.3 Å². The predicted octanol–water partition coefficient (Wildman–Crippen LogP) is 3.33. The second-order valence-electron chi connectivity index (χ2n) is 13.2. The third kappa shape index (κ3) is 9.84. The number of pyridine rings is 1. The highest BCUT2D eigenvalue weighted by molar-refractivity contribution is 7.88. The summed E-state index contributed by atoms with van der Waals surface area (Å²) in [6.45, 7) is 6.77. The Hall–Kier alpha value is -4.51. The van der Waals surface area contributed by atoms with Crippen molar-refractivity contribution in [3.63, 3.8) is 0 Å². The molecule has 2 aliphatic rings. The molecular formula is C31H38F5N7O7S. The van der Waals surface area contributed by atoms with Crippen molar-refractivity contribution in [3.8, 4) is 11.8 Å². The summed E-state index contributed by atoms with van der Waals surface area (Å²) in [5.41, 5.74) is -6.63. The van der Waals surface area contributed by atoms with Gasteiger partial charge in [0.2, 0.25) is 5.91 Å². The molecule has 4 rings (SSSR count). The summed E-state index contributed by atoms with van der Waals surface area (Å²) < 4.78 is 101.